The molecule has 1 aliphatic heterocycles. The number of aromatic hydroxyl groups is 2. The van der Waals surface area contributed by atoms with Crippen molar-refractivity contribution in [3.8, 4) is 11.5 Å². The first-order chi connectivity index (χ1) is 9.74. The van der Waals surface area contributed by atoms with E-state index in [0.29, 0.717) is 12.0 Å². The number of hydrogen-bond donors (Lipinski definition) is 3. The molecule has 1 saturated carbocycles. The van der Waals surface area contributed by atoms with Crippen LogP contribution in [0.2, 0.25) is 0 Å². The van der Waals surface area contributed by atoms with Crippen molar-refractivity contribution >= 4 is 0 Å². The zero-order valence-corrected chi connectivity index (χ0v) is 11.9. The smallest absolute Gasteiger partial charge is 0.119 e. The Morgan fingerprint density at radius 2 is 1.60 bits per heavy atom. The van der Waals surface area contributed by atoms with Gasteiger partial charge >= 0.3 is 0 Å². The first kappa shape index (κ1) is 13.7. The van der Waals surface area contributed by atoms with E-state index < -0.39 is 0 Å². The van der Waals surface area contributed by atoms with Crippen LogP contribution >= 0.6 is 0 Å². The molecule has 1 heterocycles. The highest BCUT2D eigenvalue weighted by molar-refractivity contribution is 5.38. The second-order valence-electron chi connectivity index (χ2n) is 6.06. The summed E-state index contributed by atoms with van der Waals surface area (Å²) in [6.07, 6.45) is 5.12. The average molecular weight is 276 g/mol. The maximum Gasteiger partial charge on any atom is 0.119 e. The lowest BCUT2D eigenvalue weighted by Crippen LogP contribution is -2.46. The Morgan fingerprint density at radius 1 is 1.00 bits per heavy atom. The van der Waals surface area contributed by atoms with Gasteiger partial charge in [0, 0.05) is 38.3 Å². The highest BCUT2D eigenvalue weighted by Crippen LogP contribution is 2.41. The van der Waals surface area contributed by atoms with Gasteiger partial charge in [-0.3, -0.25) is 4.90 Å². The van der Waals surface area contributed by atoms with Gasteiger partial charge in [0.2, 0.25) is 0 Å². The molecule has 0 amide bonds. The fourth-order valence-corrected chi connectivity index (χ4v) is 3.80. The molecular weight excluding hydrogens is 252 g/mol. The Kier molecular flexibility index (Phi) is 4.13. The van der Waals surface area contributed by atoms with E-state index >= 15 is 0 Å². The van der Waals surface area contributed by atoms with E-state index in [0.717, 1.165) is 31.7 Å². The standard InChI is InChI=1S/C16H24N2O2/c19-14-9-13(10-15(20)11-14)16(12-3-1-2-4-12)18-7-5-17-6-8-18/h9-12,16-17,19-20H,1-8H2/t16-/m0/s1. The van der Waals surface area contributed by atoms with E-state index in [1.807, 2.05) is 12.1 Å². The van der Waals surface area contributed by atoms with Crippen LogP contribution in [0, 0.1) is 5.92 Å². The van der Waals surface area contributed by atoms with Crippen molar-refractivity contribution in [3.05, 3.63) is 23.8 Å². The van der Waals surface area contributed by atoms with Crippen LogP contribution in [0.25, 0.3) is 0 Å². The Morgan fingerprint density at radius 3 is 2.20 bits per heavy atom. The molecule has 1 aromatic carbocycles. The Hall–Kier alpha value is -1.26. The number of rotatable bonds is 3. The average Bonchev–Trinajstić information content (AvgIpc) is 2.93. The Balaban J connectivity index is 1.90. The summed E-state index contributed by atoms with van der Waals surface area (Å²) in [6.45, 7) is 4.12. The lowest BCUT2D eigenvalue weighted by atomic mass is 9.89. The minimum atomic E-state index is 0.165. The molecule has 3 rings (SSSR count). The zero-order valence-electron chi connectivity index (χ0n) is 11.9. The largest absolute Gasteiger partial charge is 0.508 e. The summed E-state index contributed by atoms with van der Waals surface area (Å²) >= 11 is 0. The number of benzene rings is 1. The van der Waals surface area contributed by atoms with Crippen molar-refractivity contribution in [1.29, 1.82) is 0 Å². The van der Waals surface area contributed by atoms with Crippen molar-refractivity contribution in [2.75, 3.05) is 26.2 Å². The SMILES string of the molecule is Oc1cc(O)cc([C@H](C2CCCC2)N2CCNCC2)c1. The molecule has 4 heteroatoms. The van der Waals surface area contributed by atoms with Crippen LogP contribution in [-0.2, 0) is 0 Å². The lowest BCUT2D eigenvalue weighted by Gasteiger charge is -2.38. The topological polar surface area (TPSA) is 55.7 Å². The van der Waals surface area contributed by atoms with E-state index in [-0.39, 0.29) is 11.5 Å². The minimum absolute atomic E-state index is 0.165. The van der Waals surface area contributed by atoms with Crippen LogP contribution in [-0.4, -0.2) is 41.3 Å². The third-order valence-corrected chi connectivity index (χ3v) is 4.66. The van der Waals surface area contributed by atoms with Gasteiger partial charge in [0.1, 0.15) is 11.5 Å². The molecule has 4 nitrogen and oxygen atoms in total. The molecule has 2 aliphatic rings. The molecule has 3 N–H and O–H groups in total. The van der Waals surface area contributed by atoms with Gasteiger partial charge in [-0.1, -0.05) is 12.8 Å². The number of nitrogens with one attached hydrogen (secondary N) is 1. The van der Waals surface area contributed by atoms with Crippen LogP contribution in [0.4, 0.5) is 0 Å². The fourth-order valence-electron chi connectivity index (χ4n) is 3.80. The highest BCUT2D eigenvalue weighted by Gasteiger charge is 2.32. The molecule has 1 atom stereocenters. The van der Waals surface area contributed by atoms with E-state index in [1.54, 1.807) is 0 Å². The molecule has 0 spiro atoms. The fraction of sp³-hybridized carbons (Fsp3) is 0.625. The molecule has 1 aromatic rings. The van der Waals surface area contributed by atoms with Gasteiger partial charge in [0.15, 0.2) is 0 Å². The second kappa shape index (κ2) is 6.02. The molecule has 0 aromatic heterocycles. The first-order valence-corrected chi connectivity index (χ1v) is 7.72. The van der Waals surface area contributed by atoms with Gasteiger partial charge in [-0.15, -0.1) is 0 Å². The van der Waals surface area contributed by atoms with Crippen LogP contribution < -0.4 is 5.32 Å². The monoisotopic (exact) mass is 276 g/mol. The van der Waals surface area contributed by atoms with Crippen LogP contribution in [0.15, 0.2) is 18.2 Å². The molecule has 20 heavy (non-hydrogen) atoms. The summed E-state index contributed by atoms with van der Waals surface area (Å²) < 4.78 is 0. The quantitative estimate of drug-likeness (QED) is 0.792. The second-order valence-corrected chi connectivity index (χ2v) is 6.06. The molecule has 110 valence electrons. The number of phenolic OH excluding ortho intramolecular Hbond substituents is 2. The molecule has 1 saturated heterocycles. The molecule has 1 aliphatic carbocycles. The Bertz CT molecular complexity index is 432. The third-order valence-electron chi connectivity index (χ3n) is 4.66. The van der Waals surface area contributed by atoms with Crippen molar-refractivity contribution in [3.63, 3.8) is 0 Å². The summed E-state index contributed by atoms with van der Waals surface area (Å²) in [5.41, 5.74) is 1.07. The summed E-state index contributed by atoms with van der Waals surface area (Å²) in [5.74, 6) is 0.977. The Labute approximate surface area is 120 Å². The van der Waals surface area contributed by atoms with E-state index in [9.17, 15) is 10.2 Å². The third kappa shape index (κ3) is 2.91. The predicted octanol–water partition coefficient (Wildman–Crippen LogP) is 2.23. The number of nitrogens with zero attached hydrogens (tertiary/aromatic N) is 1. The zero-order chi connectivity index (χ0) is 13.9. The predicted molar refractivity (Wildman–Crippen MR) is 78.9 cm³/mol. The molecule has 0 unspecified atom stereocenters. The number of piperazine rings is 1. The first-order valence-electron chi connectivity index (χ1n) is 7.72. The van der Waals surface area contributed by atoms with Crippen molar-refractivity contribution in [2.24, 2.45) is 5.92 Å². The van der Waals surface area contributed by atoms with E-state index in [4.69, 9.17) is 0 Å². The molecule has 0 bridgehead atoms. The lowest BCUT2D eigenvalue weighted by molar-refractivity contribution is 0.125. The highest BCUT2D eigenvalue weighted by atomic mass is 16.3. The van der Waals surface area contributed by atoms with Gasteiger partial charge in [-0.05, 0) is 36.5 Å². The summed E-state index contributed by atoms with van der Waals surface area (Å²) in [4.78, 5) is 2.51. The normalized spacial score (nSPS) is 23.0. The van der Waals surface area contributed by atoms with Crippen molar-refractivity contribution < 1.29 is 10.2 Å². The maximum absolute atomic E-state index is 9.79. The van der Waals surface area contributed by atoms with Gasteiger partial charge in [0.25, 0.3) is 0 Å². The van der Waals surface area contributed by atoms with Crippen LogP contribution in [0.3, 0.4) is 0 Å². The van der Waals surface area contributed by atoms with Gasteiger partial charge in [-0.2, -0.15) is 0 Å². The molecule has 0 radical (unpaired) electrons. The van der Waals surface area contributed by atoms with E-state index in [1.165, 1.54) is 31.7 Å². The van der Waals surface area contributed by atoms with Crippen LogP contribution in [0.1, 0.15) is 37.3 Å². The summed E-state index contributed by atoms with van der Waals surface area (Å²) in [6, 6.07) is 5.39. The van der Waals surface area contributed by atoms with Crippen LogP contribution in [0.5, 0.6) is 11.5 Å². The maximum atomic E-state index is 9.79. The summed E-state index contributed by atoms with van der Waals surface area (Å²) in [7, 11) is 0. The minimum Gasteiger partial charge on any atom is -0.508 e. The number of phenols is 2. The molecule has 2 fully saturated rings. The van der Waals surface area contributed by atoms with Gasteiger partial charge < -0.3 is 15.5 Å². The number of hydrogen-bond acceptors (Lipinski definition) is 4. The van der Waals surface area contributed by atoms with E-state index in [2.05, 4.69) is 10.2 Å². The summed E-state index contributed by atoms with van der Waals surface area (Å²) in [5, 5.41) is 23.0. The van der Waals surface area contributed by atoms with Crippen molar-refractivity contribution in [1.82, 2.24) is 10.2 Å². The van der Waals surface area contributed by atoms with Gasteiger partial charge in [0.05, 0.1) is 0 Å². The van der Waals surface area contributed by atoms with Gasteiger partial charge in [-0.25, -0.2) is 0 Å². The molecular formula is C16H24N2O2. The van der Waals surface area contributed by atoms with Crippen molar-refractivity contribution in [2.45, 2.75) is 31.7 Å².